The number of rotatable bonds is 1. The summed E-state index contributed by atoms with van der Waals surface area (Å²) in [6.45, 7) is 0. The number of nitrogens with zero attached hydrogens (tertiary/aromatic N) is 2. The normalized spacial score (nSPS) is 12.0. The SMILES string of the molecule is Cn1cc(-c2cc(N)ccn2)c2c(C(F)(F)F)cccc21. The average Bonchev–Trinajstić information content (AvgIpc) is 2.75. The van der Waals surface area contributed by atoms with E-state index >= 15 is 0 Å². The van der Waals surface area contributed by atoms with E-state index < -0.39 is 11.7 Å². The molecule has 3 nitrogen and oxygen atoms in total. The van der Waals surface area contributed by atoms with E-state index in [0.29, 0.717) is 22.5 Å². The number of nitrogens with two attached hydrogens (primary N) is 1. The van der Waals surface area contributed by atoms with Crippen molar-refractivity contribution < 1.29 is 13.2 Å². The number of alkyl halides is 3. The predicted octanol–water partition coefficient (Wildman–Crippen LogP) is 3.84. The van der Waals surface area contributed by atoms with Crippen LogP contribution in [0.3, 0.4) is 0 Å². The summed E-state index contributed by atoms with van der Waals surface area (Å²) in [6, 6.07) is 7.31. The van der Waals surface area contributed by atoms with Gasteiger partial charge < -0.3 is 10.3 Å². The molecule has 0 aliphatic carbocycles. The Bertz CT molecular complexity index is 819. The minimum Gasteiger partial charge on any atom is -0.399 e. The van der Waals surface area contributed by atoms with Gasteiger partial charge in [0.2, 0.25) is 0 Å². The van der Waals surface area contributed by atoms with E-state index in [2.05, 4.69) is 4.98 Å². The maximum Gasteiger partial charge on any atom is 0.417 e. The number of hydrogen-bond acceptors (Lipinski definition) is 2. The fraction of sp³-hybridized carbons (Fsp3) is 0.133. The molecule has 0 fully saturated rings. The molecule has 3 rings (SSSR count). The maximum atomic E-state index is 13.2. The molecule has 0 aliphatic rings. The van der Waals surface area contributed by atoms with Crippen molar-refractivity contribution in [3.05, 3.63) is 48.3 Å². The zero-order valence-corrected chi connectivity index (χ0v) is 11.1. The molecule has 108 valence electrons. The van der Waals surface area contributed by atoms with Crippen molar-refractivity contribution >= 4 is 16.6 Å². The van der Waals surface area contributed by atoms with Crippen LogP contribution in [0.25, 0.3) is 22.2 Å². The first-order valence-corrected chi connectivity index (χ1v) is 6.25. The smallest absolute Gasteiger partial charge is 0.399 e. The van der Waals surface area contributed by atoms with Gasteiger partial charge >= 0.3 is 6.18 Å². The molecule has 3 aromatic rings. The molecule has 1 aromatic carbocycles. The highest BCUT2D eigenvalue weighted by atomic mass is 19.4. The van der Waals surface area contributed by atoms with E-state index in [-0.39, 0.29) is 5.39 Å². The Hall–Kier alpha value is -2.50. The van der Waals surface area contributed by atoms with Gasteiger partial charge in [-0.05, 0) is 24.3 Å². The predicted molar refractivity (Wildman–Crippen MR) is 75.6 cm³/mol. The van der Waals surface area contributed by atoms with Crippen molar-refractivity contribution in [1.29, 1.82) is 0 Å². The van der Waals surface area contributed by atoms with E-state index in [1.54, 1.807) is 36.0 Å². The van der Waals surface area contributed by atoms with Crippen molar-refractivity contribution in [2.75, 3.05) is 5.73 Å². The number of nitrogen functional groups attached to an aromatic ring is 1. The van der Waals surface area contributed by atoms with Crippen LogP contribution >= 0.6 is 0 Å². The molecule has 2 aromatic heterocycles. The number of pyridine rings is 1. The monoisotopic (exact) mass is 291 g/mol. The molecule has 0 saturated heterocycles. The molecule has 0 bridgehead atoms. The lowest BCUT2D eigenvalue weighted by molar-refractivity contribution is -0.136. The van der Waals surface area contributed by atoms with Crippen LogP contribution in [-0.4, -0.2) is 9.55 Å². The zero-order chi connectivity index (χ0) is 15.2. The van der Waals surface area contributed by atoms with Crippen LogP contribution in [0.4, 0.5) is 18.9 Å². The molecule has 2 heterocycles. The zero-order valence-electron chi connectivity index (χ0n) is 11.1. The molecule has 0 spiro atoms. The lowest BCUT2D eigenvalue weighted by Crippen LogP contribution is -2.05. The van der Waals surface area contributed by atoms with Gasteiger partial charge in [0.25, 0.3) is 0 Å². The third-order valence-corrected chi connectivity index (χ3v) is 3.38. The molecule has 0 saturated carbocycles. The molecule has 6 heteroatoms. The lowest BCUT2D eigenvalue weighted by Gasteiger charge is -2.10. The Labute approximate surface area is 118 Å². The number of halogens is 3. The largest absolute Gasteiger partial charge is 0.417 e. The highest BCUT2D eigenvalue weighted by Crippen LogP contribution is 2.40. The van der Waals surface area contributed by atoms with Crippen LogP contribution in [0.2, 0.25) is 0 Å². The van der Waals surface area contributed by atoms with Gasteiger partial charge in [-0.25, -0.2) is 0 Å². The minimum atomic E-state index is -4.42. The van der Waals surface area contributed by atoms with Crippen LogP contribution < -0.4 is 5.73 Å². The van der Waals surface area contributed by atoms with Gasteiger partial charge in [-0.2, -0.15) is 13.2 Å². The van der Waals surface area contributed by atoms with Gasteiger partial charge in [-0.15, -0.1) is 0 Å². The first kappa shape index (κ1) is 13.5. The van der Waals surface area contributed by atoms with E-state index in [9.17, 15) is 13.2 Å². The van der Waals surface area contributed by atoms with Crippen LogP contribution in [0.15, 0.2) is 42.7 Å². The van der Waals surface area contributed by atoms with E-state index in [0.717, 1.165) is 6.07 Å². The highest BCUT2D eigenvalue weighted by molar-refractivity contribution is 5.98. The topological polar surface area (TPSA) is 43.8 Å². The molecule has 0 unspecified atom stereocenters. The summed E-state index contributed by atoms with van der Waals surface area (Å²) in [5.74, 6) is 0. The van der Waals surface area contributed by atoms with Gasteiger partial charge in [0, 0.05) is 41.6 Å². The summed E-state index contributed by atoms with van der Waals surface area (Å²) < 4.78 is 41.4. The quantitative estimate of drug-likeness (QED) is 0.740. The lowest BCUT2D eigenvalue weighted by atomic mass is 10.0. The number of fused-ring (bicyclic) bond motifs is 1. The Morgan fingerprint density at radius 1 is 1.19 bits per heavy atom. The Kier molecular flexibility index (Phi) is 2.90. The number of anilines is 1. The summed E-state index contributed by atoms with van der Waals surface area (Å²) in [5, 5.41) is 0.144. The summed E-state index contributed by atoms with van der Waals surface area (Å²) >= 11 is 0. The maximum absolute atomic E-state index is 13.2. The number of hydrogen-bond donors (Lipinski definition) is 1. The fourth-order valence-corrected chi connectivity index (χ4v) is 2.47. The van der Waals surface area contributed by atoms with Crippen LogP contribution in [0.5, 0.6) is 0 Å². The number of aryl methyl sites for hydroxylation is 1. The summed E-state index contributed by atoms with van der Waals surface area (Å²) in [5.41, 5.74) is 6.85. The van der Waals surface area contributed by atoms with Gasteiger partial charge in [-0.3, -0.25) is 4.98 Å². The Morgan fingerprint density at radius 2 is 1.95 bits per heavy atom. The first-order chi connectivity index (χ1) is 9.88. The van der Waals surface area contributed by atoms with Crippen molar-refractivity contribution in [3.63, 3.8) is 0 Å². The average molecular weight is 291 g/mol. The molecule has 2 N–H and O–H groups in total. The van der Waals surface area contributed by atoms with Gasteiger partial charge in [0.15, 0.2) is 0 Å². The first-order valence-electron chi connectivity index (χ1n) is 6.25. The molecule has 0 aliphatic heterocycles. The van der Waals surface area contributed by atoms with Crippen molar-refractivity contribution in [3.8, 4) is 11.3 Å². The highest BCUT2D eigenvalue weighted by Gasteiger charge is 2.34. The fourth-order valence-electron chi connectivity index (χ4n) is 2.47. The van der Waals surface area contributed by atoms with Gasteiger partial charge in [0.05, 0.1) is 11.3 Å². The third kappa shape index (κ3) is 2.22. The van der Waals surface area contributed by atoms with E-state index in [1.807, 2.05) is 0 Å². The van der Waals surface area contributed by atoms with Crippen LogP contribution in [-0.2, 0) is 13.2 Å². The molecule has 21 heavy (non-hydrogen) atoms. The van der Waals surface area contributed by atoms with E-state index in [4.69, 9.17) is 5.73 Å². The third-order valence-electron chi connectivity index (χ3n) is 3.38. The summed E-state index contributed by atoms with van der Waals surface area (Å²) in [4.78, 5) is 4.14. The molecule has 0 atom stereocenters. The summed E-state index contributed by atoms with van der Waals surface area (Å²) in [6.07, 6.45) is -1.29. The molecular formula is C15H12F3N3. The standard InChI is InChI=1S/C15H12F3N3/c1-21-8-10(12-7-9(19)5-6-20-12)14-11(15(16,17)18)3-2-4-13(14)21/h2-8H,1H3,(H2,19,20). The van der Waals surface area contributed by atoms with Crippen molar-refractivity contribution in [1.82, 2.24) is 9.55 Å². The molecular weight excluding hydrogens is 279 g/mol. The summed E-state index contributed by atoms with van der Waals surface area (Å²) in [7, 11) is 1.71. The number of benzene rings is 1. The second-order valence-electron chi connectivity index (χ2n) is 4.83. The van der Waals surface area contributed by atoms with E-state index in [1.165, 1.54) is 12.3 Å². The second-order valence-corrected chi connectivity index (χ2v) is 4.83. The van der Waals surface area contributed by atoms with Crippen LogP contribution in [0, 0.1) is 0 Å². The Morgan fingerprint density at radius 3 is 2.62 bits per heavy atom. The van der Waals surface area contributed by atoms with Crippen molar-refractivity contribution in [2.24, 2.45) is 7.05 Å². The van der Waals surface area contributed by atoms with Crippen LogP contribution in [0.1, 0.15) is 5.56 Å². The van der Waals surface area contributed by atoms with Crippen molar-refractivity contribution in [2.45, 2.75) is 6.18 Å². The number of aromatic nitrogens is 2. The minimum absolute atomic E-state index is 0.144. The molecule has 0 radical (unpaired) electrons. The molecule has 0 amide bonds. The van der Waals surface area contributed by atoms with Gasteiger partial charge in [-0.1, -0.05) is 6.07 Å². The Balaban J connectivity index is 2.39. The van der Waals surface area contributed by atoms with Gasteiger partial charge in [0.1, 0.15) is 0 Å². The second kappa shape index (κ2) is 4.51.